The van der Waals surface area contributed by atoms with E-state index in [-0.39, 0.29) is 51.4 Å². The second-order valence-electron chi connectivity index (χ2n) is 4.37. The number of hydrogen-bond acceptors (Lipinski definition) is 3. The van der Waals surface area contributed by atoms with Gasteiger partial charge in [-0.25, -0.2) is 9.48 Å². The van der Waals surface area contributed by atoms with Gasteiger partial charge in [0.05, 0.1) is 18.2 Å². The molecule has 21 heavy (non-hydrogen) atoms. The van der Waals surface area contributed by atoms with Crippen molar-refractivity contribution in [3.05, 3.63) is 76.7 Å². The normalized spacial score (nSPS) is 10.1. The number of hydrogen-bond donors (Lipinski definition) is 0. The summed E-state index contributed by atoms with van der Waals surface area (Å²) in [6, 6.07) is 18.0. The summed E-state index contributed by atoms with van der Waals surface area (Å²) in [6.07, 6.45) is 0. The standard InChI is InChI=1S/C15H13N3O2.K/c19-14-16-15(20)18(13-9-5-2-6-10-13)17(14)11-12-7-3-1-4-8-12;/h1-10H,11H2,(H,16,19,20);/q;+1/p-1. The van der Waals surface area contributed by atoms with E-state index in [1.807, 2.05) is 48.5 Å². The molecule has 0 saturated carbocycles. The first-order valence-electron chi connectivity index (χ1n) is 6.22. The first-order valence-corrected chi connectivity index (χ1v) is 6.22. The summed E-state index contributed by atoms with van der Waals surface area (Å²) in [5.41, 5.74) is 1.01. The first-order chi connectivity index (χ1) is 9.75. The summed E-state index contributed by atoms with van der Waals surface area (Å²) < 4.78 is 2.64. The van der Waals surface area contributed by atoms with Gasteiger partial charge in [-0.1, -0.05) is 48.5 Å². The third-order valence-corrected chi connectivity index (χ3v) is 3.01. The van der Waals surface area contributed by atoms with Gasteiger partial charge in [-0.3, -0.25) is 4.68 Å². The fourth-order valence-corrected chi connectivity index (χ4v) is 2.09. The van der Waals surface area contributed by atoms with Crippen LogP contribution in [0.15, 0.2) is 65.5 Å². The van der Waals surface area contributed by atoms with E-state index in [9.17, 15) is 9.90 Å². The van der Waals surface area contributed by atoms with E-state index in [4.69, 9.17) is 0 Å². The molecule has 0 radical (unpaired) electrons. The fourth-order valence-electron chi connectivity index (χ4n) is 2.09. The summed E-state index contributed by atoms with van der Waals surface area (Å²) in [6.45, 7) is 0.309. The molecule has 0 N–H and O–H groups in total. The summed E-state index contributed by atoms with van der Waals surface area (Å²) >= 11 is 0. The van der Waals surface area contributed by atoms with Crippen LogP contribution in [0.5, 0.6) is 6.01 Å². The molecule has 3 aromatic rings. The molecule has 1 aromatic heterocycles. The second kappa shape index (κ2) is 7.19. The van der Waals surface area contributed by atoms with Crippen molar-refractivity contribution in [2.45, 2.75) is 6.54 Å². The van der Waals surface area contributed by atoms with Crippen LogP contribution in [-0.2, 0) is 6.54 Å². The minimum atomic E-state index is -0.558. The summed E-state index contributed by atoms with van der Waals surface area (Å²) in [5.74, 6) is 0. The van der Waals surface area contributed by atoms with E-state index in [2.05, 4.69) is 4.98 Å². The molecule has 6 heteroatoms. The zero-order valence-electron chi connectivity index (χ0n) is 11.6. The minimum Gasteiger partial charge on any atom is -0.845 e. The maximum absolute atomic E-state index is 11.9. The molecule has 0 spiro atoms. The van der Waals surface area contributed by atoms with Crippen molar-refractivity contribution < 1.29 is 56.5 Å². The Balaban J connectivity index is 0.00000161. The molecule has 0 amide bonds. The van der Waals surface area contributed by atoms with Gasteiger partial charge in [0.15, 0.2) is 0 Å². The van der Waals surface area contributed by atoms with E-state index >= 15 is 0 Å². The Morgan fingerprint density at radius 3 is 2.14 bits per heavy atom. The molecular weight excluding hydrogens is 293 g/mol. The van der Waals surface area contributed by atoms with Gasteiger partial charge in [0.25, 0.3) is 0 Å². The van der Waals surface area contributed by atoms with E-state index in [0.717, 1.165) is 5.56 Å². The first kappa shape index (κ1) is 16.2. The van der Waals surface area contributed by atoms with Crippen LogP contribution >= 0.6 is 0 Å². The van der Waals surface area contributed by atoms with Gasteiger partial charge in [0.1, 0.15) is 0 Å². The summed E-state index contributed by atoms with van der Waals surface area (Å²) in [7, 11) is 0. The average molecular weight is 305 g/mol. The monoisotopic (exact) mass is 305 g/mol. The van der Waals surface area contributed by atoms with Crippen LogP contribution in [0, 0.1) is 0 Å². The molecule has 3 rings (SSSR count). The molecule has 0 atom stereocenters. The van der Waals surface area contributed by atoms with Crippen molar-refractivity contribution in [1.29, 1.82) is 0 Å². The Hall–Kier alpha value is -1.18. The van der Waals surface area contributed by atoms with Crippen molar-refractivity contribution in [2.75, 3.05) is 0 Å². The number of rotatable bonds is 3. The van der Waals surface area contributed by atoms with Gasteiger partial charge in [0.2, 0.25) is 0 Å². The maximum Gasteiger partial charge on any atom is 1.00 e. The topological polar surface area (TPSA) is 62.9 Å². The molecule has 0 bridgehead atoms. The SMILES string of the molecule is O=c1nc([O-])n(Cc2ccccc2)n1-c1ccccc1.[K+]. The van der Waals surface area contributed by atoms with Gasteiger partial charge in [0, 0.05) is 0 Å². The molecule has 2 aromatic carbocycles. The molecular formula is C15H12KN3O2. The third kappa shape index (κ3) is 3.53. The largest absolute Gasteiger partial charge is 1.00 e. The second-order valence-corrected chi connectivity index (χ2v) is 4.37. The smallest absolute Gasteiger partial charge is 0.845 e. The van der Waals surface area contributed by atoms with Crippen molar-refractivity contribution in [2.24, 2.45) is 0 Å². The van der Waals surface area contributed by atoms with Gasteiger partial charge in [-0.15, -0.1) is 0 Å². The third-order valence-electron chi connectivity index (χ3n) is 3.01. The number of nitrogens with zero attached hydrogens (tertiary/aromatic N) is 3. The molecule has 100 valence electrons. The van der Waals surface area contributed by atoms with E-state index in [1.165, 1.54) is 9.36 Å². The Morgan fingerprint density at radius 2 is 1.52 bits per heavy atom. The van der Waals surface area contributed by atoms with Crippen LogP contribution in [0.4, 0.5) is 0 Å². The van der Waals surface area contributed by atoms with E-state index in [0.29, 0.717) is 12.2 Å². The fraction of sp³-hybridized carbons (Fsp3) is 0.0667. The van der Waals surface area contributed by atoms with Crippen molar-refractivity contribution in [3.63, 3.8) is 0 Å². The van der Waals surface area contributed by atoms with Crippen molar-refractivity contribution in [1.82, 2.24) is 14.3 Å². The Labute approximate surface area is 164 Å². The van der Waals surface area contributed by atoms with E-state index < -0.39 is 11.7 Å². The van der Waals surface area contributed by atoms with Gasteiger partial charge in [-0.2, -0.15) is 4.98 Å². The van der Waals surface area contributed by atoms with Crippen LogP contribution in [-0.4, -0.2) is 14.3 Å². The molecule has 0 saturated heterocycles. The number of aromatic nitrogens is 3. The van der Waals surface area contributed by atoms with Crippen LogP contribution in [0.25, 0.3) is 5.69 Å². The predicted molar refractivity (Wildman–Crippen MR) is 72.8 cm³/mol. The zero-order valence-corrected chi connectivity index (χ0v) is 14.8. The average Bonchev–Trinajstić information content (AvgIpc) is 2.75. The van der Waals surface area contributed by atoms with Crippen molar-refractivity contribution >= 4 is 0 Å². The van der Waals surface area contributed by atoms with Crippen molar-refractivity contribution in [3.8, 4) is 11.7 Å². The molecule has 0 fully saturated rings. The molecule has 1 heterocycles. The van der Waals surface area contributed by atoms with E-state index in [1.54, 1.807) is 12.1 Å². The molecule has 0 unspecified atom stereocenters. The Kier molecular flexibility index (Phi) is 5.55. The zero-order chi connectivity index (χ0) is 13.9. The molecule has 5 nitrogen and oxygen atoms in total. The minimum absolute atomic E-state index is 0. The van der Waals surface area contributed by atoms with Gasteiger partial charge >= 0.3 is 57.1 Å². The Bertz CT molecular complexity index is 767. The maximum atomic E-state index is 11.9. The van der Waals surface area contributed by atoms with Crippen LogP contribution < -0.4 is 62.2 Å². The van der Waals surface area contributed by atoms with Crippen LogP contribution in [0.3, 0.4) is 0 Å². The molecule has 0 aliphatic carbocycles. The Morgan fingerprint density at radius 1 is 0.952 bits per heavy atom. The number of benzene rings is 2. The molecule has 0 aliphatic heterocycles. The summed E-state index contributed by atoms with van der Waals surface area (Å²) in [4.78, 5) is 15.4. The predicted octanol–water partition coefficient (Wildman–Crippen LogP) is -1.84. The molecule has 0 aliphatic rings. The van der Waals surface area contributed by atoms with Gasteiger partial charge < -0.3 is 5.11 Å². The summed E-state index contributed by atoms with van der Waals surface area (Å²) in [5, 5.41) is 11.9. The quantitative estimate of drug-likeness (QED) is 0.534. The van der Waals surface area contributed by atoms with Gasteiger partial charge in [-0.05, 0) is 17.7 Å². The van der Waals surface area contributed by atoms with Crippen LogP contribution in [0.2, 0.25) is 0 Å². The number of para-hydroxylation sites is 1. The van der Waals surface area contributed by atoms with Crippen LogP contribution in [0.1, 0.15) is 5.56 Å².